The van der Waals surface area contributed by atoms with Gasteiger partial charge < -0.3 is 19.7 Å². The van der Waals surface area contributed by atoms with Crippen LogP contribution in [-0.4, -0.2) is 32.3 Å². The third kappa shape index (κ3) is 8.71. The van der Waals surface area contributed by atoms with Gasteiger partial charge in [-0.3, -0.25) is 9.35 Å². The van der Waals surface area contributed by atoms with Gasteiger partial charge in [-0.05, 0) is 113 Å². The van der Waals surface area contributed by atoms with Crippen LogP contribution < -0.4 is 33.4 Å². The van der Waals surface area contributed by atoms with Crippen LogP contribution in [0.3, 0.4) is 0 Å². The monoisotopic (exact) mass is 776 g/mol. The second-order valence-corrected chi connectivity index (χ2v) is 15.6. The molecule has 0 saturated heterocycles. The van der Waals surface area contributed by atoms with Crippen molar-refractivity contribution in [2.45, 2.75) is 14.7 Å². The second-order valence-electron chi connectivity index (χ2n) is 12.3. The molecule has 13 heteroatoms. The Morgan fingerprint density at radius 3 is 1.45 bits per heavy atom. The molecule has 0 atom stereocenters. The van der Waals surface area contributed by atoms with Crippen molar-refractivity contribution in [1.82, 2.24) is 0 Å². The molecule has 0 aliphatic carbocycles. The Kier molecular flexibility index (Phi) is 11.5. The van der Waals surface area contributed by atoms with Gasteiger partial charge in [0, 0.05) is 11.1 Å². The molecule has 0 radical (unpaired) electrons. The second kappa shape index (κ2) is 16.3. The third-order valence-corrected chi connectivity index (χ3v) is 11.3. The van der Waals surface area contributed by atoms with Crippen molar-refractivity contribution in [2.75, 3.05) is 0 Å². The average molecular weight is 777 g/mol. The van der Waals surface area contributed by atoms with Crippen LogP contribution in [0.4, 0.5) is 0 Å². The van der Waals surface area contributed by atoms with Crippen LogP contribution in [0.25, 0.3) is 22.3 Å². The number of hydrogen-bond acceptors (Lipinski definition) is 9. The molecule has 274 valence electrons. The molecular formula is C43H29LiO10S2. The first-order chi connectivity index (χ1) is 26.3. The third-order valence-electron chi connectivity index (χ3n) is 8.60. The van der Waals surface area contributed by atoms with Gasteiger partial charge >= 0.3 is 18.9 Å². The summed E-state index contributed by atoms with van der Waals surface area (Å²) in [6.07, 6.45) is 0. The molecule has 0 bridgehead atoms. The molecule has 56 heavy (non-hydrogen) atoms. The van der Waals surface area contributed by atoms with Crippen LogP contribution >= 0.6 is 0 Å². The summed E-state index contributed by atoms with van der Waals surface area (Å²) in [6.45, 7) is 0. The van der Waals surface area contributed by atoms with Gasteiger partial charge in [-0.15, -0.1) is 5.75 Å². The zero-order chi connectivity index (χ0) is 38.7. The molecule has 7 rings (SSSR count). The number of aromatic hydroxyl groups is 1. The summed E-state index contributed by atoms with van der Waals surface area (Å²) in [6, 6.07) is 41.4. The van der Waals surface area contributed by atoms with Crippen LogP contribution in [-0.2, 0) is 20.0 Å². The Morgan fingerprint density at radius 2 is 0.929 bits per heavy atom. The van der Waals surface area contributed by atoms with Gasteiger partial charge in [-0.2, -0.15) is 8.42 Å². The fourth-order valence-electron chi connectivity index (χ4n) is 5.83. The summed E-state index contributed by atoms with van der Waals surface area (Å²) in [4.78, 5) is 12.8. The maximum absolute atomic E-state index is 14.2. The molecule has 0 fully saturated rings. The largest absolute Gasteiger partial charge is 1.00 e. The number of phenolic OH excluding ortho intramolecular Hbond substituents is 1. The first-order valence-electron chi connectivity index (χ1n) is 16.6. The van der Waals surface area contributed by atoms with Gasteiger partial charge in [0.25, 0.3) is 10.1 Å². The predicted octanol–water partition coefficient (Wildman–Crippen LogP) is 5.70. The van der Waals surface area contributed by atoms with E-state index in [1.54, 1.807) is 72.8 Å². The Hall–Kier alpha value is -6.13. The molecule has 10 nitrogen and oxygen atoms in total. The summed E-state index contributed by atoms with van der Waals surface area (Å²) >= 11 is 0. The van der Waals surface area contributed by atoms with Crippen LogP contribution in [0.5, 0.6) is 34.5 Å². The van der Waals surface area contributed by atoms with E-state index < -0.39 is 41.1 Å². The van der Waals surface area contributed by atoms with Gasteiger partial charge in [0.05, 0.1) is 9.79 Å². The molecular weight excluding hydrogens is 748 g/mol. The van der Waals surface area contributed by atoms with Crippen molar-refractivity contribution in [1.29, 1.82) is 0 Å². The van der Waals surface area contributed by atoms with E-state index >= 15 is 0 Å². The van der Waals surface area contributed by atoms with Gasteiger partial charge in [0.2, 0.25) is 9.84 Å². The summed E-state index contributed by atoms with van der Waals surface area (Å²) in [5.41, 5.74) is 2.60. The van der Waals surface area contributed by atoms with Crippen LogP contribution in [0.2, 0.25) is 0 Å². The van der Waals surface area contributed by atoms with Gasteiger partial charge in [-0.1, -0.05) is 72.8 Å². The summed E-state index contributed by atoms with van der Waals surface area (Å²) < 4.78 is 74.6. The number of benzene rings is 7. The Labute approximate surface area is 335 Å². The molecule has 0 saturated carbocycles. The maximum atomic E-state index is 14.2. The Morgan fingerprint density at radius 1 is 0.500 bits per heavy atom. The molecule has 7 aromatic carbocycles. The summed E-state index contributed by atoms with van der Waals surface area (Å²) in [5.74, 6) is 0.327. The topological polar surface area (TPSA) is 167 Å². The fourth-order valence-corrected chi connectivity index (χ4v) is 7.95. The Balaban J connectivity index is 0.00000532. The van der Waals surface area contributed by atoms with Crippen molar-refractivity contribution >= 4 is 25.7 Å². The van der Waals surface area contributed by atoms with E-state index in [9.17, 15) is 36.4 Å². The van der Waals surface area contributed by atoms with Crippen molar-refractivity contribution in [3.63, 3.8) is 0 Å². The number of carbonyl (C=O) groups is 1. The number of phenols is 1. The normalized spacial score (nSPS) is 11.3. The molecule has 0 amide bonds. The van der Waals surface area contributed by atoms with E-state index in [-0.39, 0.29) is 46.6 Å². The summed E-state index contributed by atoms with van der Waals surface area (Å²) in [5, 5.41) is 21.0. The fraction of sp³-hybridized carbons (Fsp3) is 0. The van der Waals surface area contributed by atoms with Gasteiger partial charge in [0.1, 0.15) is 33.6 Å². The van der Waals surface area contributed by atoms with Crippen LogP contribution in [0, 0.1) is 0 Å². The van der Waals surface area contributed by atoms with Gasteiger partial charge in [0.15, 0.2) is 5.78 Å². The average Bonchev–Trinajstić information content (AvgIpc) is 3.19. The summed E-state index contributed by atoms with van der Waals surface area (Å²) in [7, 11) is -9.28. The van der Waals surface area contributed by atoms with E-state index in [2.05, 4.69) is 0 Å². The minimum absolute atomic E-state index is 0. The molecule has 0 aliphatic rings. The standard InChI is InChI=1S/C43H30O10S2.Li/c44-32-13-5-28(6-14-32)30-9-17-34(18-10-30)52-36-21-24-38(25-22-36)54(47,48)41-26-23-37(27-40(41)43(46)39-3-1-2-4-42(39)55(49,50)51)53-35-19-11-31(12-20-35)29-7-15-33(45)16-8-29;/h1-27,44-45H,(H,49,50,51);/q;+1/p-1. The smallest absolute Gasteiger partial charge is 0.872 e. The zero-order valence-corrected chi connectivity index (χ0v) is 31.2. The van der Waals surface area contributed by atoms with Gasteiger partial charge in [-0.25, -0.2) is 8.42 Å². The molecule has 2 N–H and O–H groups in total. The number of ether oxygens (including phenoxy) is 2. The number of ketones is 1. The quantitative estimate of drug-likeness (QED) is 0.0946. The van der Waals surface area contributed by atoms with Crippen molar-refractivity contribution < 1.29 is 64.7 Å². The predicted molar refractivity (Wildman–Crippen MR) is 203 cm³/mol. The van der Waals surface area contributed by atoms with E-state index in [4.69, 9.17) is 9.47 Å². The van der Waals surface area contributed by atoms with Crippen LogP contribution in [0.15, 0.2) is 178 Å². The minimum Gasteiger partial charge on any atom is -0.872 e. The number of rotatable bonds is 11. The molecule has 0 spiro atoms. The first kappa shape index (κ1) is 39.6. The van der Waals surface area contributed by atoms with Crippen LogP contribution in [0.1, 0.15) is 15.9 Å². The molecule has 0 aromatic heterocycles. The minimum atomic E-state index is -4.86. The number of hydrogen-bond donors (Lipinski definition) is 2. The zero-order valence-electron chi connectivity index (χ0n) is 29.6. The van der Waals surface area contributed by atoms with E-state index in [1.807, 2.05) is 12.1 Å². The molecule has 0 heterocycles. The first-order valence-corrected chi connectivity index (χ1v) is 19.5. The van der Waals surface area contributed by atoms with Crippen molar-refractivity contribution in [3.05, 3.63) is 175 Å². The maximum Gasteiger partial charge on any atom is 1.00 e. The number of carbonyl (C=O) groups excluding carboxylic acids is 1. The van der Waals surface area contributed by atoms with Crippen molar-refractivity contribution in [3.8, 4) is 56.8 Å². The SMILES string of the molecule is O=C(c1ccccc1S(=O)(=O)O)c1cc(Oc2ccc(-c3ccc(O)cc3)cc2)ccc1S(=O)(=O)c1ccc(Oc2ccc(-c3ccc([O-])cc3)cc2)cc1.[Li+]. The van der Waals surface area contributed by atoms with E-state index in [0.29, 0.717) is 17.2 Å². The van der Waals surface area contributed by atoms with E-state index in [1.165, 1.54) is 72.8 Å². The molecule has 0 unspecified atom stereocenters. The Bertz CT molecular complexity index is 2740. The molecule has 0 aliphatic heterocycles. The molecule has 7 aromatic rings. The van der Waals surface area contributed by atoms with E-state index in [0.717, 1.165) is 28.3 Å². The number of sulfone groups is 1. The van der Waals surface area contributed by atoms with Crippen molar-refractivity contribution in [2.24, 2.45) is 0 Å².